The molecule has 1 aliphatic heterocycles. The molecule has 2 N–H and O–H groups in total. The number of rotatable bonds is 16. The van der Waals surface area contributed by atoms with Crippen molar-refractivity contribution in [2.24, 2.45) is 0 Å². The van der Waals surface area contributed by atoms with E-state index >= 15 is 0 Å². The van der Waals surface area contributed by atoms with Crippen molar-refractivity contribution >= 4 is 11.8 Å². The molecule has 0 saturated carbocycles. The molecule has 1 fully saturated rings. The molecule has 0 aliphatic carbocycles. The third-order valence-electron chi connectivity index (χ3n) is 7.81. The molecule has 3 aromatic rings. The van der Waals surface area contributed by atoms with Gasteiger partial charge < -0.3 is 39.0 Å². The van der Waals surface area contributed by atoms with Gasteiger partial charge in [-0.3, -0.25) is 9.59 Å². The molecule has 0 bridgehead atoms. The van der Waals surface area contributed by atoms with Crippen molar-refractivity contribution in [3.8, 4) is 11.5 Å². The second-order valence-corrected chi connectivity index (χ2v) is 10.8. The topological polar surface area (TPSA) is 116 Å². The molecule has 13 heteroatoms. The number of likely N-dealkylation sites (tertiary alicyclic amines) is 1. The molecule has 0 unspecified atom stereocenters. The molecule has 47 heavy (non-hydrogen) atoms. The normalized spacial score (nSPS) is 16.6. The minimum atomic E-state index is -4.95. The van der Waals surface area contributed by atoms with Crippen molar-refractivity contribution < 1.29 is 51.6 Å². The van der Waals surface area contributed by atoms with Crippen LogP contribution in [0.1, 0.15) is 23.1 Å². The van der Waals surface area contributed by atoms with Crippen molar-refractivity contribution in [2.75, 3.05) is 60.3 Å². The van der Waals surface area contributed by atoms with Gasteiger partial charge in [-0.1, -0.05) is 54.6 Å². The Kier molecular flexibility index (Phi) is 12.6. The maximum absolute atomic E-state index is 13.2. The van der Waals surface area contributed by atoms with E-state index in [4.69, 9.17) is 23.7 Å². The van der Waals surface area contributed by atoms with Crippen LogP contribution >= 0.6 is 0 Å². The van der Waals surface area contributed by atoms with Crippen LogP contribution in [0.3, 0.4) is 0 Å². The number of nitrogens with one attached hydrogen (secondary N) is 1. The van der Waals surface area contributed by atoms with Gasteiger partial charge in [0.15, 0.2) is 0 Å². The minimum Gasteiger partial charge on any atom is -0.497 e. The minimum absolute atomic E-state index is 0.00255. The van der Waals surface area contributed by atoms with Crippen molar-refractivity contribution in [3.63, 3.8) is 0 Å². The highest BCUT2D eigenvalue weighted by Gasteiger charge is 2.44. The van der Waals surface area contributed by atoms with Crippen LogP contribution in [0.25, 0.3) is 0 Å². The summed E-state index contributed by atoms with van der Waals surface area (Å²) >= 11 is 0. The Bertz CT molecular complexity index is 1370. The standard InChI is InChI=1S/C34H39F3N2O8/c1-43-28-12-8-25(9-13-28)33(24-6-4-3-5-7-24,26-10-14-29(44-2)15-11-26)47-30-20-27(22-40)39(21-30)31(41)23-46-19-18-45-17-16-38-32(42)34(35,36)37/h3-15,27,30,40H,16-23H2,1-2H3,(H,38,42)/t27-,30+/m0/s1. The van der Waals surface area contributed by atoms with E-state index in [1.54, 1.807) is 19.5 Å². The SMILES string of the molecule is COc1ccc(C(O[C@@H]2C[C@@H](CO)N(C(=O)COCCOCCNC(=O)C(F)(F)F)C2)(c2ccccc2)c2ccc(OC)cc2)cc1. The van der Waals surface area contributed by atoms with Gasteiger partial charge in [0.05, 0.1) is 52.8 Å². The van der Waals surface area contributed by atoms with Gasteiger partial charge in [-0.15, -0.1) is 0 Å². The first-order valence-electron chi connectivity index (χ1n) is 15.1. The van der Waals surface area contributed by atoms with Crippen LogP contribution in [0.4, 0.5) is 13.2 Å². The van der Waals surface area contributed by atoms with Gasteiger partial charge in [0.25, 0.3) is 0 Å². The lowest BCUT2D eigenvalue weighted by Crippen LogP contribution is -2.41. The van der Waals surface area contributed by atoms with E-state index in [1.165, 1.54) is 4.90 Å². The Labute approximate surface area is 271 Å². The molecule has 1 heterocycles. The van der Waals surface area contributed by atoms with Crippen molar-refractivity contribution in [3.05, 3.63) is 95.6 Å². The number of hydrogen-bond donors (Lipinski definition) is 2. The number of aliphatic hydroxyl groups is 1. The molecule has 2 atom stereocenters. The van der Waals surface area contributed by atoms with Crippen LogP contribution in [0.15, 0.2) is 78.9 Å². The highest BCUT2D eigenvalue weighted by atomic mass is 19.4. The largest absolute Gasteiger partial charge is 0.497 e. The Balaban J connectivity index is 1.46. The maximum atomic E-state index is 13.2. The molecule has 3 aromatic carbocycles. The van der Waals surface area contributed by atoms with Gasteiger partial charge in [-0.25, -0.2) is 0 Å². The van der Waals surface area contributed by atoms with Crippen LogP contribution in [0.5, 0.6) is 11.5 Å². The lowest BCUT2D eigenvalue weighted by atomic mass is 9.79. The van der Waals surface area contributed by atoms with Crippen molar-refractivity contribution in [1.82, 2.24) is 10.2 Å². The average molecular weight is 661 g/mol. The first-order chi connectivity index (χ1) is 22.6. The summed E-state index contributed by atoms with van der Waals surface area (Å²) < 4.78 is 65.2. The summed E-state index contributed by atoms with van der Waals surface area (Å²) in [4.78, 5) is 25.6. The number of amides is 2. The highest BCUT2D eigenvalue weighted by molar-refractivity contribution is 5.81. The summed E-state index contributed by atoms with van der Waals surface area (Å²) in [5, 5.41) is 11.9. The zero-order valence-corrected chi connectivity index (χ0v) is 26.2. The van der Waals surface area contributed by atoms with E-state index in [2.05, 4.69) is 0 Å². The van der Waals surface area contributed by atoms with Gasteiger partial charge in [-0.2, -0.15) is 13.2 Å². The summed E-state index contributed by atoms with van der Waals surface area (Å²) in [6.07, 6.45) is -5.06. The molecule has 1 saturated heterocycles. The summed E-state index contributed by atoms with van der Waals surface area (Å²) in [5.41, 5.74) is 1.43. The number of ether oxygens (including phenoxy) is 5. The molecular weight excluding hydrogens is 621 g/mol. The molecule has 0 aromatic heterocycles. The number of carbonyl (C=O) groups excluding carboxylic acids is 2. The van der Waals surface area contributed by atoms with Gasteiger partial charge in [0.2, 0.25) is 5.91 Å². The van der Waals surface area contributed by atoms with E-state index in [0.717, 1.165) is 16.7 Å². The number of methoxy groups -OCH3 is 2. The Morgan fingerprint density at radius 3 is 1.91 bits per heavy atom. The monoisotopic (exact) mass is 660 g/mol. The van der Waals surface area contributed by atoms with E-state index in [-0.39, 0.29) is 52.0 Å². The molecule has 1 aliphatic rings. The second kappa shape index (κ2) is 16.6. The average Bonchev–Trinajstić information content (AvgIpc) is 3.51. The lowest BCUT2D eigenvalue weighted by Gasteiger charge is -2.38. The van der Waals surface area contributed by atoms with E-state index in [1.807, 2.05) is 78.9 Å². The molecule has 2 amide bonds. The summed E-state index contributed by atoms with van der Waals surface area (Å²) in [7, 11) is 3.19. The zero-order valence-electron chi connectivity index (χ0n) is 26.2. The summed E-state index contributed by atoms with van der Waals surface area (Å²) in [6, 6.07) is 24.5. The van der Waals surface area contributed by atoms with E-state index in [0.29, 0.717) is 17.9 Å². The Morgan fingerprint density at radius 2 is 1.38 bits per heavy atom. The number of alkyl halides is 3. The number of benzene rings is 3. The number of aliphatic hydroxyl groups excluding tert-OH is 1. The number of halogens is 3. The van der Waals surface area contributed by atoms with Crippen molar-refractivity contribution in [2.45, 2.75) is 30.3 Å². The third kappa shape index (κ3) is 9.01. The fourth-order valence-corrected chi connectivity index (χ4v) is 5.52. The predicted molar refractivity (Wildman–Crippen MR) is 165 cm³/mol. The highest BCUT2D eigenvalue weighted by Crippen LogP contribution is 2.44. The van der Waals surface area contributed by atoms with E-state index < -0.39 is 29.8 Å². The molecule has 254 valence electrons. The fraction of sp³-hybridized carbons (Fsp3) is 0.412. The fourth-order valence-electron chi connectivity index (χ4n) is 5.52. The van der Waals surface area contributed by atoms with Gasteiger partial charge in [0.1, 0.15) is 23.7 Å². The molecule has 10 nitrogen and oxygen atoms in total. The molecular formula is C34H39F3N2O8. The lowest BCUT2D eigenvalue weighted by molar-refractivity contribution is -0.173. The smallest absolute Gasteiger partial charge is 0.471 e. The van der Waals surface area contributed by atoms with Crippen LogP contribution in [-0.4, -0.2) is 100 Å². The summed E-state index contributed by atoms with van der Waals surface area (Å²) in [6.45, 7) is -0.829. The van der Waals surface area contributed by atoms with Crippen LogP contribution in [0, 0.1) is 0 Å². The predicted octanol–water partition coefficient (Wildman–Crippen LogP) is 3.69. The Morgan fingerprint density at radius 1 is 0.830 bits per heavy atom. The van der Waals surface area contributed by atoms with Crippen molar-refractivity contribution in [1.29, 1.82) is 0 Å². The quantitative estimate of drug-likeness (QED) is 0.177. The summed E-state index contributed by atoms with van der Waals surface area (Å²) in [5.74, 6) is -1.03. The second-order valence-electron chi connectivity index (χ2n) is 10.8. The third-order valence-corrected chi connectivity index (χ3v) is 7.81. The number of hydrogen-bond acceptors (Lipinski definition) is 8. The maximum Gasteiger partial charge on any atom is 0.471 e. The van der Waals surface area contributed by atoms with Crippen LogP contribution in [0.2, 0.25) is 0 Å². The van der Waals surface area contributed by atoms with Gasteiger partial charge in [-0.05, 0) is 47.4 Å². The van der Waals surface area contributed by atoms with Gasteiger partial charge in [0, 0.05) is 13.1 Å². The number of carbonyl (C=O) groups is 2. The first kappa shape index (κ1) is 35.7. The molecule has 0 spiro atoms. The van der Waals surface area contributed by atoms with E-state index in [9.17, 15) is 27.9 Å². The number of nitrogens with zero attached hydrogens (tertiary/aromatic N) is 1. The Hall–Kier alpha value is -4.17. The molecule has 4 rings (SSSR count). The first-order valence-corrected chi connectivity index (χ1v) is 15.1. The van der Waals surface area contributed by atoms with Gasteiger partial charge >= 0.3 is 12.1 Å². The zero-order chi connectivity index (χ0) is 33.9. The van der Waals surface area contributed by atoms with Crippen LogP contribution < -0.4 is 14.8 Å². The van der Waals surface area contributed by atoms with Crippen LogP contribution in [-0.2, 0) is 29.4 Å². The molecule has 0 radical (unpaired) electrons.